The molecule has 0 bridgehead atoms. The summed E-state index contributed by atoms with van der Waals surface area (Å²) in [4.78, 5) is 16.0. The van der Waals surface area contributed by atoms with E-state index in [1.54, 1.807) is 6.33 Å². The van der Waals surface area contributed by atoms with Crippen molar-refractivity contribution in [3.8, 4) is 0 Å². The first-order valence-corrected chi connectivity index (χ1v) is 9.56. The third kappa shape index (κ3) is 3.77. The molecule has 1 atom stereocenters. The lowest BCUT2D eigenvalue weighted by Crippen LogP contribution is -2.32. The van der Waals surface area contributed by atoms with Gasteiger partial charge in [-0.3, -0.25) is 0 Å². The van der Waals surface area contributed by atoms with Crippen LogP contribution in [0.5, 0.6) is 0 Å². The van der Waals surface area contributed by atoms with Gasteiger partial charge in [-0.15, -0.1) is 0 Å². The molecule has 0 spiro atoms. The van der Waals surface area contributed by atoms with Crippen LogP contribution >= 0.6 is 0 Å². The molecule has 0 amide bonds. The molecule has 1 aliphatic heterocycles. The Labute approximate surface area is 160 Å². The Kier molecular flexibility index (Phi) is 5.01. The van der Waals surface area contributed by atoms with E-state index in [2.05, 4.69) is 81.5 Å². The maximum atomic E-state index is 4.59. The summed E-state index contributed by atoms with van der Waals surface area (Å²) in [7, 11) is 0. The van der Waals surface area contributed by atoms with E-state index in [0.717, 1.165) is 43.3 Å². The number of hydrogen-bond acceptors (Lipinski definition) is 5. The molecule has 0 saturated carbocycles. The number of benzene rings is 1. The Hall–Kier alpha value is -2.95. The number of rotatable bonds is 5. The Bertz CT molecular complexity index is 892. The molecule has 1 aromatic carbocycles. The number of anilines is 2. The van der Waals surface area contributed by atoms with Gasteiger partial charge in [0.1, 0.15) is 18.0 Å². The average Bonchev–Trinajstić information content (AvgIpc) is 2.73. The normalized spacial score (nSPS) is 14.5. The topological polar surface area (TPSA) is 53.9 Å². The summed E-state index contributed by atoms with van der Waals surface area (Å²) < 4.78 is 0. The monoisotopic (exact) mass is 359 g/mol. The molecule has 0 saturated heterocycles. The van der Waals surface area contributed by atoms with E-state index in [9.17, 15) is 0 Å². The van der Waals surface area contributed by atoms with Crippen molar-refractivity contribution in [2.45, 2.75) is 39.3 Å². The van der Waals surface area contributed by atoms with Crippen molar-refractivity contribution in [2.75, 3.05) is 16.8 Å². The van der Waals surface area contributed by atoms with Crippen LogP contribution in [0.4, 0.5) is 11.6 Å². The summed E-state index contributed by atoms with van der Waals surface area (Å²) in [5.74, 6) is 1.95. The Balaban J connectivity index is 1.60. The number of aryl methyl sites for hydroxylation is 1. The van der Waals surface area contributed by atoms with Gasteiger partial charge in [0, 0.05) is 31.3 Å². The lowest BCUT2D eigenvalue weighted by atomic mass is 10.0. The fourth-order valence-electron chi connectivity index (χ4n) is 3.58. The van der Waals surface area contributed by atoms with Crippen LogP contribution in [0.15, 0.2) is 55.0 Å². The van der Waals surface area contributed by atoms with Crippen molar-refractivity contribution in [3.63, 3.8) is 0 Å². The summed E-state index contributed by atoms with van der Waals surface area (Å²) in [6, 6.07) is 15.0. The van der Waals surface area contributed by atoms with Gasteiger partial charge in [0.15, 0.2) is 0 Å². The predicted molar refractivity (Wildman–Crippen MR) is 109 cm³/mol. The number of pyridine rings is 1. The zero-order chi connectivity index (χ0) is 18.6. The molecule has 4 rings (SSSR count). The molecule has 3 heterocycles. The van der Waals surface area contributed by atoms with Crippen molar-refractivity contribution in [3.05, 3.63) is 77.4 Å². The number of fused-ring (bicyclic) bond motifs is 1. The van der Waals surface area contributed by atoms with Gasteiger partial charge in [0.2, 0.25) is 0 Å². The van der Waals surface area contributed by atoms with Crippen molar-refractivity contribution in [1.29, 1.82) is 0 Å². The highest BCUT2D eigenvalue weighted by molar-refractivity contribution is 5.53. The Morgan fingerprint density at radius 2 is 1.93 bits per heavy atom. The molecule has 0 aliphatic carbocycles. The summed E-state index contributed by atoms with van der Waals surface area (Å²) in [5, 5.41) is 3.66. The lowest BCUT2D eigenvalue weighted by molar-refractivity contribution is 0.687. The van der Waals surface area contributed by atoms with Crippen LogP contribution in [0.1, 0.15) is 41.8 Å². The van der Waals surface area contributed by atoms with Gasteiger partial charge in [-0.05, 0) is 30.5 Å². The van der Waals surface area contributed by atoms with E-state index in [1.165, 1.54) is 16.7 Å². The number of nitrogens with one attached hydrogen (secondary N) is 1. The van der Waals surface area contributed by atoms with Crippen LogP contribution in [0.25, 0.3) is 0 Å². The largest absolute Gasteiger partial charge is 0.363 e. The van der Waals surface area contributed by atoms with Crippen LogP contribution in [0.2, 0.25) is 0 Å². The lowest BCUT2D eigenvalue weighted by Gasteiger charge is -2.31. The third-order valence-electron chi connectivity index (χ3n) is 5.14. The third-order valence-corrected chi connectivity index (χ3v) is 5.14. The van der Waals surface area contributed by atoms with Crippen molar-refractivity contribution in [1.82, 2.24) is 15.0 Å². The number of hydrogen-bond donors (Lipinski definition) is 1. The van der Waals surface area contributed by atoms with Gasteiger partial charge >= 0.3 is 0 Å². The average molecular weight is 359 g/mol. The second-order valence-electron chi connectivity index (χ2n) is 7.03. The summed E-state index contributed by atoms with van der Waals surface area (Å²) >= 11 is 0. The van der Waals surface area contributed by atoms with Gasteiger partial charge in [-0.1, -0.05) is 43.3 Å². The van der Waals surface area contributed by atoms with E-state index < -0.39 is 0 Å². The van der Waals surface area contributed by atoms with Crippen molar-refractivity contribution in [2.24, 2.45) is 0 Å². The molecule has 0 fully saturated rings. The van der Waals surface area contributed by atoms with Gasteiger partial charge in [-0.2, -0.15) is 0 Å². The Morgan fingerprint density at radius 1 is 1.07 bits per heavy atom. The van der Waals surface area contributed by atoms with Crippen molar-refractivity contribution < 1.29 is 0 Å². The van der Waals surface area contributed by atoms with Gasteiger partial charge in [0.05, 0.1) is 11.7 Å². The zero-order valence-electron chi connectivity index (χ0n) is 15.9. The number of aromatic nitrogens is 3. The standard InChI is InChI=1S/C22H25N5/c1-3-19(17-7-5-4-6-8-17)26-22-18-14-27(12-11-20(18)24-15-25-22)21-10-9-16(2)13-23-21/h4-10,13,15,19H,3,11-12,14H2,1-2H3,(H,24,25,26). The molecule has 27 heavy (non-hydrogen) atoms. The second kappa shape index (κ2) is 7.74. The number of nitrogens with zero attached hydrogens (tertiary/aromatic N) is 4. The highest BCUT2D eigenvalue weighted by Gasteiger charge is 2.23. The molecule has 2 aromatic heterocycles. The molecular formula is C22H25N5. The molecule has 138 valence electrons. The van der Waals surface area contributed by atoms with Gasteiger partial charge < -0.3 is 10.2 Å². The quantitative estimate of drug-likeness (QED) is 0.736. The first kappa shape index (κ1) is 17.5. The molecule has 5 nitrogen and oxygen atoms in total. The van der Waals surface area contributed by atoms with Crippen LogP contribution in [-0.2, 0) is 13.0 Å². The molecule has 5 heteroatoms. The first-order valence-electron chi connectivity index (χ1n) is 9.56. The maximum absolute atomic E-state index is 4.59. The van der Waals surface area contributed by atoms with Gasteiger partial charge in [0.25, 0.3) is 0 Å². The molecule has 0 radical (unpaired) electrons. The minimum atomic E-state index is 0.234. The van der Waals surface area contributed by atoms with Crippen LogP contribution in [0.3, 0.4) is 0 Å². The van der Waals surface area contributed by atoms with Gasteiger partial charge in [-0.25, -0.2) is 15.0 Å². The molecule has 1 N–H and O–H groups in total. The van der Waals surface area contributed by atoms with E-state index in [1.807, 2.05) is 6.20 Å². The minimum absolute atomic E-state index is 0.234. The van der Waals surface area contributed by atoms with Crippen LogP contribution in [-0.4, -0.2) is 21.5 Å². The maximum Gasteiger partial charge on any atom is 0.135 e. The molecular weight excluding hydrogens is 334 g/mol. The highest BCUT2D eigenvalue weighted by atomic mass is 15.2. The summed E-state index contributed by atoms with van der Waals surface area (Å²) in [5.41, 5.74) is 4.77. The van der Waals surface area contributed by atoms with E-state index in [-0.39, 0.29) is 6.04 Å². The van der Waals surface area contributed by atoms with Crippen LogP contribution in [0, 0.1) is 6.92 Å². The highest BCUT2D eigenvalue weighted by Crippen LogP contribution is 2.29. The predicted octanol–water partition coefficient (Wildman–Crippen LogP) is 4.31. The van der Waals surface area contributed by atoms with E-state index in [4.69, 9.17) is 0 Å². The first-order chi connectivity index (χ1) is 13.2. The molecule has 3 aromatic rings. The molecule has 1 aliphatic rings. The zero-order valence-corrected chi connectivity index (χ0v) is 15.9. The van der Waals surface area contributed by atoms with E-state index in [0.29, 0.717) is 0 Å². The van der Waals surface area contributed by atoms with Crippen LogP contribution < -0.4 is 10.2 Å². The summed E-state index contributed by atoms with van der Waals surface area (Å²) in [6.07, 6.45) is 5.50. The fraction of sp³-hybridized carbons (Fsp3) is 0.318. The Morgan fingerprint density at radius 3 is 2.67 bits per heavy atom. The fourth-order valence-corrected chi connectivity index (χ4v) is 3.58. The second-order valence-corrected chi connectivity index (χ2v) is 7.03. The van der Waals surface area contributed by atoms with Crippen molar-refractivity contribution >= 4 is 11.6 Å². The summed E-state index contributed by atoms with van der Waals surface area (Å²) in [6.45, 7) is 5.96. The molecule has 1 unspecified atom stereocenters. The van der Waals surface area contributed by atoms with E-state index >= 15 is 0 Å². The smallest absolute Gasteiger partial charge is 0.135 e. The SMILES string of the molecule is CCC(Nc1ncnc2c1CN(c1ccc(C)cn1)CC2)c1ccccc1. The minimum Gasteiger partial charge on any atom is -0.363 e.